The third-order valence-corrected chi connectivity index (χ3v) is 4.97. The third-order valence-electron chi connectivity index (χ3n) is 3.20. The standard InChI is InChI=1S/C13H17Cl2NO3S/c1-20(17,18)8-10-7-16-4-5-19-13(10)9-2-3-11(14)12(15)6-9/h2-3,6,10,13,16H,4-5,7-8H2,1H3/t10-,13-/m0/s1. The summed E-state index contributed by atoms with van der Waals surface area (Å²) < 4.78 is 29.0. The van der Waals surface area contributed by atoms with E-state index >= 15 is 0 Å². The van der Waals surface area contributed by atoms with Crippen molar-refractivity contribution in [3.05, 3.63) is 33.8 Å². The van der Waals surface area contributed by atoms with E-state index in [0.717, 1.165) is 5.56 Å². The second-order valence-corrected chi connectivity index (χ2v) is 8.02. The molecular weight excluding hydrogens is 321 g/mol. The number of hydrogen-bond donors (Lipinski definition) is 1. The lowest BCUT2D eigenvalue weighted by Gasteiger charge is -2.24. The van der Waals surface area contributed by atoms with Crippen LogP contribution in [0.5, 0.6) is 0 Å². The topological polar surface area (TPSA) is 55.4 Å². The first kappa shape index (κ1) is 16.0. The van der Waals surface area contributed by atoms with Crippen LogP contribution in [0.2, 0.25) is 10.0 Å². The van der Waals surface area contributed by atoms with Crippen LogP contribution in [0.3, 0.4) is 0 Å². The van der Waals surface area contributed by atoms with Crippen LogP contribution in [0.1, 0.15) is 11.7 Å². The maximum Gasteiger partial charge on any atom is 0.147 e. The molecule has 0 radical (unpaired) electrons. The number of nitrogens with one attached hydrogen (secondary N) is 1. The summed E-state index contributed by atoms with van der Waals surface area (Å²) in [5.74, 6) is -0.0741. The fourth-order valence-electron chi connectivity index (χ4n) is 2.38. The Balaban J connectivity index is 2.29. The SMILES string of the molecule is CS(=O)(=O)C[C@@H]1CNCCO[C@H]1c1ccc(Cl)c(Cl)c1. The van der Waals surface area contributed by atoms with Gasteiger partial charge >= 0.3 is 0 Å². The third kappa shape index (κ3) is 4.33. The molecule has 0 bridgehead atoms. The average molecular weight is 338 g/mol. The molecule has 7 heteroatoms. The normalized spacial score (nSPS) is 24.4. The molecule has 0 saturated carbocycles. The zero-order valence-electron chi connectivity index (χ0n) is 11.1. The molecule has 2 rings (SSSR count). The zero-order valence-corrected chi connectivity index (χ0v) is 13.4. The smallest absolute Gasteiger partial charge is 0.147 e. The number of sulfone groups is 1. The van der Waals surface area contributed by atoms with E-state index in [1.165, 1.54) is 6.26 Å². The van der Waals surface area contributed by atoms with Gasteiger partial charge < -0.3 is 10.1 Å². The predicted molar refractivity (Wildman–Crippen MR) is 81.2 cm³/mol. The molecule has 4 nitrogen and oxygen atoms in total. The summed E-state index contributed by atoms with van der Waals surface area (Å²) in [6.07, 6.45) is 0.943. The van der Waals surface area contributed by atoms with Crippen molar-refractivity contribution in [1.29, 1.82) is 0 Å². The highest BCUT2D eigenvalue weighted by atomic mass is 35.5. The van der Waals surface area contributed by atoms with E-state index in [0.29, 0.717) is 29.7 Å². The van der Waals surface area contributed by atoms with Crippen LogP contribution in [-0.2, 0) is 14.6 Å². The van der Waals surface area contributed by atoms with Gasteiger partial charge in [-0.15, -0.1) is 0 Å². The quantitative estimate of drug-likeness (QED) is 0.919. The molecular formula is C13H17Cl2NO3S. The Bertz CT molecular complexity index is 577. The number of halogens is 2. The van der Waals surface area contributed by atoms with Crippen molar-refractivity contribution in [2.45, 2.75) is 6.10 Å². The summed E-state index contributed by atoms with van der Waals surface area (Å²) in [6.45, 7) is 1.83. The van der Waals surface area contributed by atoms with Gasteiger partial charge in [-0.3, -0.25) is 0 Å². The van der Waals surface area contributed by atoms with Gasteiger partial charge in [-0.05, 0) is 17.7 Å². The van der Waals surface area contributed by atoms with Gasteiger partial charge in [0.15, 0.2) is 0 Å². The Morgan fingerprint density at radius 3 is 2.75 bits per heavy atom. The minimum atomic E-state index is -3.08. The Hall–Kier alpha value is -0.330. The van der Waals surface area contributed by atoms with Gasteiger partial charge in [-0.2, -0.15) is 0 Å². The van der Waals surface area contributed by atoms with Crippen LogP contribution < -0.4 is 5.32 Å². The first-order valence-electron chi connectivity index (χ1n) is 6.32. The van der Waals surface area contributed by atoms with Crippen molar-refractivity contribution in [2.24, 2.45) is 5.92 Å². The van der Waals surface area contributed by atoms with E-state index in [2.05, 4.69) is 5.32 Å². The van der Waals surface area contributed by atoms with E-state index in [1.807, 2.05) is 6.07 Å². The Kier molecular flexibility index (Phi) is 5.31. The Morgan fingerprint density at radius 2 is 2.10 bits per heavy atom. The lowest BCUT2D eigenvalue weighted by Crippen LogP contribution is -2.30. The van der Waals surface area contributed by atoms with Gasteiger partial charge in [-0.1, -0.05) is 29.3 Å². The molecule has 1 aromatic rings. The van der Waals surface area contributed by atoms with E-state index in [1.54, 1.807) is 12.1 Å². The summed E-state index contributed by atoms with van der Waals surface area (Å²) in [7, 11) is -3.08. The van der Waals surface area contributed by atoms with Crippen LogP contribution in [0.15, 0.2) is 18.2 Å². The van der Waals surface area contributed by atoms with Crippen LogP contribution >= 0.6 is 23.2 Å². The molecule has 1 aliphatic rings. The van der Waals surface area contributed by atoms with Crippen LogP contribution in [-0.4, -0.2) is 40.1 Å². The average Bonchev–Trinajstić information content (AvgIpc) is 2.56. The summed E-state index contributed by atoms with van der Waals surface area (Å²) >= 11 is 11.9. The van der Waals surface area contributed by atoms with Crippen LogP contribution in [0.4, 0.5) is 0 Å². The highest BCUT2D eigenvalue weighted by molar-refractivity contribution is 7.90. The number of hydrogen-bond acceptors (Lipinski definition) is 4. The molecule has 112 valence electrons. The summed E-state index contributed by atoms with van der Waals surface area (Å²) in [4.78, 5) is 0. The van der Waals surface area contributed by atoms with E-state index in [-0.39, 0.29) is 17.8 Å². The van der Waals surface area contributed by atoms with Gasteiger partial charge in [0, 0.05) is 25.3 Å². The zero-order chi connectivity index (χ0) is 14.8. The van der Waals surface area contributed by atoms with Crippen LogP contribution in [0.25, 0.3) is 0 Å². The largest absolute Gasteiger partial charge is 0.372 e. The van der Waals surface area contributed by atoms with Crippen molar-refractivity contribution in [1.82, 2.24) is 5.32 Å². The van der Waals surface area contributed by atoms with Gasteiger partial charge in [0.1, 0.15) is 9.84 Å². The molecule has 1 aromatic carbocycles. The fraction of sp³-hybridized carbons (Fsp3) is 0.538. The lowest BCUT2D eigenvalue weighted by molar-refractivity contribution is 0.0369. The maximum atomic E-state index is 11.6. The molecule has 0 unspecified atom stereocenters. The molecule has 2 atom stereocenters. The van der Waals surface area contributed by atoms with Crippen molar-refractivity contribution in [3.8, 4) is 0 Å². The second kappa shape index (κ2) is 6.62. The summed E-state index contributed by atoms with van der Waals surface area (Å²) in [5, 5.41) is 4.12. The Labute approximate surface area is 129 Å². The van der Waals surface area contributed by atoms with Crippen LogP contribution in [0, 0.1) is 5.92 Å². The number of benzene rings is 1. The molecule has 0 spiro atoms. The lowest BCUT2D eigenvalue weighted by atomic mass is 9.97. The van der Waals surface area contributed by atoms with Gasteiger partial charge in [0.2, 0.25) is 0 Å². The molecule has 1 saturated heterocycles. The molecule has 0 aliphatic carbocycles. The van der Waals surface area contributed by atoms with E-state index in [9.17, 15) is 8.42 Å². The highest BCUT2D eigenvalue weighted by Gasteiger charge is 2.29. The first-order valence-corrected chi connectivity index (χ1v) is 9.13. The number of rotatable bonds is 3. The maximum absolute atomic E-state index is 11.6. The molecule has 1 aliphatic heterocycles. The molecule has 0 amide bonds. The van der Waals surface area contributed by atoms with E-state index in [4.69, 9.17) is 27.9 Å². The summed E-state index contributed by atoms with van der Waals surface area (Å²) in [5.41, 5.74) is 0.858. The van der Waals surface area contributed by atoms with Crippen molar-refractivity contribution in [2.75, 3.05) is 31.7 Å². The molecule has 0 aromatic heterocycles. The van der Waals surface area contributed by atoms with Gasteiger partial charge in [-0.25, -0.2) is 8.42 Å². The minimum absolute atomic E-state index is 0.0743. The monoisotopic (exact) mass is 337 g/mol. The molecule has 1 fully saturated rings. The van der Waals surface area contributed by atoms with Crippen molar-refractivity contribution >= 4 is 33.0 Å². The number of ether oxygens (including phenoxy) is 1. The predicted octanol–water partition coefficient (Wildman–Crippen LogP) is 2.32. The van der Waals surface area contributed by atoms with Crippen molar-refractivity contribution < 1.29 is 13.2 Å². The van der Waals surface area contributed by atoms with E-state index < -0.39 is 9.84 Å². The Morgan fingerprint density at radius 1 is 1.35 bits per heavy atom. The molecule has 1 N–H and O–H groups in total. The van der Waals surface area contributed by atoms with Gasteiger partial charge in [0.05, 0.1) is 28.5 Å². The van der Waals surface area contributed by atoms with Crippen molar-refractivity contribution in [3.63, 3.8) is 0 Å². The first-order chi connectivity index (χ1) is 9.37. The fourth-order valence-corrected chi connectivity index (χ4v) is 3.76. The minimum Gasteiger partial charge on any atom is -0.372 e. The summed E-state index contributed by atoms with van der Waals surface area (Å²) in [6, 6.07) is 5.28. The molecule has 20 heavy (non-hydrogen) atoms. The van der Waals surface area contributed by atoms with Gasteiger partial charge in [0.25, 0.3) is 0 Å². The molecule has 1 heterocycles. The second-order valence-electron chi connectivity index (χ2n) is 5.02. The highest BCUT2D eigenvalue weighted by Crippen LogP contribution is 2.32.